The maximum absolute atomic E-state index is 13.0. The molecule has 0 spiro atoms. The summed E-state index contributed by atoms with van der Waals surface area (Å²) in [5.41, 5.74) is 1.58. The van der Waals surface area contributed by atoms with Crippen LogP contribution in [-0.2, 0) is 22.4 Å². The lowest BCUT2D eigenvalue weighted by atomic mass is 9.99. The summed E-state index contributed by atoms with van der Waals surface area (Å²) >= 11 is 0. The van der Waals surface area contributed by atoms with Crippen LogP contribution in [0.1, 0.15) is 37.5 Å². The van der Waals surface area contributed by atoms with Gasteiger partial charge in [-0.3, -0.25) is 9.59 Å². The average molecular weight is 378 g/mol. The van der Waals surface area contributed by atoms with E-state index in [1.165, 1.54) is 4.90 Å². The van der Waals surface area contributed by atoms with Crippen LogP contribution in [0.2, 0.25) is 0 Å². The summed E-state index contributed by atoms with van der Waals surface area (Å²) in [5, 5.41) is 3.15. The lowest BCUT2D eigenvalue weighted by Crippen LogP contribution is -2.53. The molecule has 1 N–H and O–H groups in total. The number of piperidine rings is 1. The van der Waals surface area contributed by atoms with E-state index in [4.69, 9.17) is 4.42 Å². The molecule has 0 aliphatic carbocycles. The summed E-state index contributed by atoms with van der Waals surface area (Å²) in [6.07, 6.45) is 0.288. The van der Waals surface area contributed by atoms with Gasteiger partial charge in [0.1, 0.15) is 17.4 Å². The van der Waals surface area contributed by atoms with Crippen molar-refractivity contribution < 1.29 is 22.8 Å². The molecule has 2 aromatic rings. The predicted molar refractivity (Wildman–Crippen MR) is 97.7 cm³/mol. The number of halogens is 2. The maximum Gasteiger partial charge on any atom is 0.255 e. The van der Waals surface area contributed by atoms with Gasteiger partial charge in [0.2, 0.25) is 11.8 Å². The highest BCUT2D eigenvalue weighted by Gasteiger charge is 2.33. The Labute approximate surface area is 156 Å². The third-order valence-electron chi connectivity index (χ3n) is 4.99. The molecule has 0 radical (unpaired) electrons. The molecule has 5 nitrogen and oxygen atoms in total. The van der Waals surface area contributed by atoms with Crippen molar-refractivity contribution in [3.05, 3.63) is 35.6 Å². The number of carbonyl (C=O) groups is 2. The number of furan rings is 1. The van der Waals surface area contributed by atoms with Crippen LogP contribution in [0, 0.1) is 0 Å². The number of para-hydroxylation sites is 1. The third kappa shape index (κ3) is 4.28. The zero-order valence-corrected chi connectivity index (χ0v) is 15.3. The molecule has 0 bridgehead atoms. The second kappa shape index (κ2) is 8.50. The lowest BCUT2D eigenvalue weighted by molar-refractivity contribution is -0.142. The Balaban J connectivity index is 1.78. The van der Waals surface area contributed by atoms with Gasteiger partial charge in [-0.2, -0.15) is 0 Å². The van der Waals surface area contributed by atoms with E-state index in [1.807, 2.05) is 31.2 Å². The molecule has 1 aliphatic heterocycles. The number of alkyl halides is 2. The van der Waals surface area contributed by atoms with Crippen LogP contribution >= 0.6 is 0 Å². The standard InChI is InChI=1S/C20H24F2N2O3/c1-2-16-14(13-7-3-4-9-17(13)27-16)11-19(25)24-10-6-5-8-15(24)20(26)23-12-18(21)22/h3-4,7,9,15,18H,2,5-6,8,10-12H2,1H3,(H,23,26)/t15-/m0/s1. The number of nitrogens with zero attached hydrogens (tertiary/aromatic N) is 1. The average Bonchev–Trinajstić information content (AvgIpc) is 3.03. The number of nitrogens with one attached hydrogen (secondary N) is 1. The number of rotatable bonds is 6. The van der Waals surface area contributed by atoms with Crippen LogP contribution in [0.4, 0.5) is 8.78 Å². The van der Waals surface area contributed by atoms with E-state index in [9.17, 15) is 18.4 Å². The van der Waals surface area contributed by atoms with E-state index < -0.39 is 24.9 Å². The van der Waals surface area contributed by atoms with Crippen LogP contribution in [-0.4, -0.2) is 42.3 Å². The van der Waals surface area contributed by atoms with Crippen molar-refractivity contribution in [1.82, 2.24) is 10.2 Å². The molecule has 0 unspecified atom stereocenters. The van der Waals surface area contributed by atoms with Gasteiger partial charge in [0, 0.05) is 23.9 Å². The van der Waals surface area contributed by atoms with Gasteiger partial charge in [0.05, 0.1) is 13.0 Å². The second-order valence-corrected chi connectivity index (χ2v) is 6.77. The number of benzene rings is 1. The van der Waals surface area contributed by atoms with Crippen LogP contribution < -0.4 is 5.32 Å². The van der Waals surface area contributed by atoms with Crippen molar-refractivity contribution in [2.75, 3.05) is 13.1 Å². The van der Waals surface area contributed by atoms with Crippen molar-refractivity contribution in [2.45, 2.75) is 51.5 Å². The number of hydrogen-bond donors (Lipinski definition) is 1. The zero-order chi connectivity index (χ0) is 19.4. The van der Waals surface area contributed by atoms with Crippen LogP contribution in [0.3, 0.4) is 0 Å². The van der Waals surface area contributed by atoms with Gasteiger partial charge in [-0.05, 0) is 25.3 Å². The van der Waals surface area contributed by atoms with Crippen LogP contribution in [0.25, 0.3) is 11.0 Å². The summed E-state index contributed by atoms with van der Waals surface area (Å²) < 4.78 is 30.6. The smallest absolute Gasteiger partial charge is 0.255 e. The molecule has 27 heavy (non-hydrogen) atoms. The Morgan fingerprint density at radius 2 is 2.07 bits per heavy atom. The second-order valence-electron chi connectivity index (χ2n) is 6.77. The first kappa shape index (κ1) is 19.3. The Morgan fingerprint density at radius 1 is 1.30 bits per heavy atom. The van der Waals surface area contributed by atoms with Gasteiger partial charge in [-0.15, -0.1) is 0 Å². The summed E-state index contributed by atoms with van der Waals surface area (Å²) in [5.74, 6) is 0.0875. The number of amides is 2. The predicted octanol–water partition coefficient (Wildman–Crippen LogP) is 3.30. The summed E-state index contributed by atoms with van der Waals surface area (Å²) in [4.78, 5) is 26.8. The van der Waals surface area contributed by atoms with Crippen molar-refractivity contribution in [3.8, 4) is 0 Å². The minimum absolute atomic E-state index is 0.138. The van der Waals surface area contributed by atoms with E-state index in [2.05, 4.69) is 5.32 Å². The molecule has 146 valence electrons. The minimum Gasteiger partial charge on any atom is -0.461 e. The molecule has 2 heterocycles. The van der Waals surface area contributed by atoms with Crippen molar-refractivity contribution >= 4 is 22.8 Å². The molecule has 1 aliphatic rings. The third-order valence-corrected chi connectivity index (χ3v) is 4.99. The first-order valence-corrected chi connectivity index (χ1v) is 9.35. The SMILES string of the molecule is CCc1oc2ccccc2c1CC(=O)N1CCCC[C@H]1C(=O)NCC(F)F. The normalized spacial score (nSPS) is 17.5. The molecule has 1 fully saturated rings. The summed E-state index contributed by atoms with van der Waals surface area (Å²) in [7, 11) is 0. The Bertz CT molecular complexity index is 819. The lowest BCUT2D eigenvalue weighted by Gasteiger charge is -2.34. The van der Waals surface area contributed by atoms with E-state index in [-0.39, 0.29) is 12.3 Å². The maximum atomic E-state index is 13.0. The number of likely N-dealkylation sites (tertiary alicyclic amines) is 1. The van der Waals surface area contributed by atoms with Gasteiger partial charge in [-0.25, -0.2) is 8.78 Å². The molecular weight excluding hydrogens is 354 g/mol. The van der Waals surface area contributed by atoms with Gasteiger partial charge in [0.25, 0.3) is 6.43 Å². The largest absolute Gasteiger partial charge is 0.461 e. The molecule has 1 atom stereocenters. The van der Waals surface area contributed by atoms with Gasteiger partial charge in [0.15, 0.2) is 0 Å². The number of carbonyl (C=O) groups excluding carboxylic acids is 2. The molecule has 3 rings (SSSR count). The van der Waals surface area contributed by atoms with Crippen molar-refractivity contribution in [1.29, 1.82) is 0 Å². The molecule has 0 saturated carbocycles. The van der Waals surface area contributed by atoms with E-state index >= 15 is 0 Å². The summed E-state index contributed by atoms with van der Waals surface area (Å²) in [6, 6.07) is 6.87. The highest BCUT2D eigenvalue weighted by atomic mass is 19.3. The first-order valence-electron chi connectivity index (χ1n) is 9.35. The monoisotopic (exact) mass is 378 g/mol. The Hall–Kier alpha value is -2.44. The molecule has 1 aromatic heterocycles. The van der Waals surface area contributed by atoms with Crippen molar-refractivity contribution in [3.63, 3.8) is 0 Å². The topological polar surface area (TPSA) is 62.6 Å². The van der Waals surface area contributed by atoms with Crippen molar-refractivity contribution in [2.24, 2.45) is 0 Å². The fourth-order valence-electron chi connectivity index (χ4n) is 3.68. The number of aryl methyl sites for hydroxylation is 1. The molecule has 1 aromatic carbocycles. The fourth-order valence-corrected chi connectivity index (χ4v) is 3.68. The highest BCUT2D eigenvalue weighted by molar-refractivity contribution is 5.92. The Kier molecular flexibility index (Phi) is 6.08. The van der Waals surface area contributed by atoms with E-state index in [0.29, 0.717) is 19.4 Å². The number of hydrogen-bond acceptors (Lipinski definition) is 3. The van der Waals surface area contributed by atoms with Gasteiger partial charge in [-0.1, -0.05) is 25.1 Å². The molecule has 1 saturated heterocycles. The highest BCUT2D eigenvalue weighted by Crippen LogP contribution is 2.28. The first-order chi connectivity index (χ1) is 13.0. The number of fused-ring (bicyclic) bond motifs is 1. The van der Waals surface area contributed by atoms with Crippen LogP contribution in [0.15, 0.2) is 28.7 Å². The quantitative estimate of drug-likeness (QED) is 0.839. The van der Waals surface area contributed by atoms with E-state index in [1.54, 1.807) is 0 Å². The molecule has 7 heteroatoms. The molecular formula is C20H24F2N2O3. The Morgan fingerprint density at radius 3 is 2.81 bits per heavy atom. The van der Waals surface area contributed by atoms with Gasteiger partial charge < -0.3 is 14.6 Å². The van der Waals surface area contributed by atoms with Gasteiger partial charge >= 0.3 is 0 Å². The van der Waals surface area contributed by atoms with Crippen LogP contribution in [0.5, 0.6) is 0 Å². The zero-order valence-electron chi connectivity index (χ0n) is 15.3. The molecule has 2 amide bonds. The fraction of sp³-hybridized carbons (Fsp3) is 0.500. The summed E-state index contributed by atoms with van der Waals surface area (Å²) in [6.45, 7) is 1.74. The van der Waals surface area contributed by atoms with E-state index in [0.717, 1.165) is 35.1 Å². The minimum atomic E-state index is -2.61.